The Kier molecular flexibility index (Phi) is 5.11. The standard InChI is InChI=1S/C13H17FN2O.ClH/c1-8-2-5-11(14)10(6-8)13(17)16-7-12(15)9-3-4-9;/h2,5-6,9,12H,3-4,7,15H2,1H3,(H,16,17);1H. The second-order valence-corrected chi connectivity index (χ2v) is 4.69. The lowest BCUT2D eigenvalue weighted by atomic mass is 10.1. The molecule has 18 heavy (non-hydrogen) atoms. The van der Waals surface area contributed by atoms with E-state index in [4.69, 9.17) is 5.73 Å². The van der Waals surface area contributed by atoms with Crippen LogP contribution in [0.15, 0.2) is 18.2 Å². The molecule has 0 spiro atoms. The number of amides is 1. The van der Waals surface area contributed by atoms with Crippen LogP contribution in [0.5, 0.6) is 0 Å². The number of hydrogen-bond donors (Lipinski definition) is 2. The first kappa shape index (κ1) is 14.9. The molecule has 1 aromatic carbocycles. The number of carbonyl (C=O) groups is 1. The van der Waals surface area contributed by atoms with E-state index in [2.05, 4.69) is 5.32 Å². The van der Waals surface area contributed by atoms with Crippen LogP contribution in [0.2, 0.25) is 0 Å². The highest BCUT2D eigenvalue weighted by Crippen LogP contribution is 2.31. The Morgan fingerprint density at radius 3 is 2.83 bits per heavy atom. The van der Waals surface area contributed by atoms with Crippen LogP contribution in [0.3, 0.4) is 0 Å². The predicted octanol–water partition coefficient (Wildman–Crippen LogP) is 2.02. The topological polar surface area (TPSA) is 55.1 Å². The molecular formula is C13H18ClFN2O. The van der Waals surface area contributed by atoms with E-state index in [-0.39, 0.29) is 29.9 Å². The van der Waals surface area contributed by atoms with E-state index in [9.17, 15) is 9.18 Å². The molecule has 1 aromatic rings. The zero-order valence-corrected chi connectivity index (χ0v) is 11.1. The van der Waals surface area contributed by atoms with Gasteiger partial charge >= 0.3 is 0 Å². The molecule has 2 rings (SSSR count). The summed E-state index contributed by atoms with van der Waals surface area (Å²) in [4.78, 5) is 11.8. The van der Waals surface area contributed by atoms with Crippen molar-refractivity contribution in [2.75, 3.05) is 6.54 Å². The number of nitrogens with one attached hydrogen (secondary N) is 1. The molecule has 0 aliphatic heterocycles. The molecule has 3 nitrogen and oxygen atoms in total. The first-order chi connectivity index (χ1) is 8.08. The number of hydrogen-bond acceptors (Lipinski definition) is 2. The lowest BCUT2D eigenvalue weighted by molar-refractivity contribution is 0.0946. The quantitative estimate of drug-likeness (QED) is 0.881. The molecule has 100 valence electrons. The molecule has 0 bridgehead atoms. The second kappa shape index (κ2) is 6.16. The number of halogens is 2. The van der Waals surface area contributed by atoms with Crippen LogP contribution in [0, 0.1) is 18.7 Å². The first-order valence-corrected chi connectivity index (χ1v) is 5.88. The number of rotatable bonds is 4. The molecule has 1 unspecified atom stereocenters. The van der Waals surface area contributed by atoms with Crippen LogP contribution in [0.4, 0.5) is 4.39 Å². The predicted molar refractivity (Wildman–Crippen MR) is 71.4 cm³/mol. The minimum Gasteiger partial charge on any atom is -0.350 e. The van der Waals surface area contributed by atoms with Crippen molar-refractivity contribution >= 4 is 18.3 Å². The molecule has 1 amide bonds. The van der Waals surface area contributed by atoms with Crippen molar-refractivity contribution in [3.63, 3.8) is 0 Å². The van der Waals surface area contributed by atoms with Gasteiger partial charge in [-0.05, 0) is 37.8 Å². The van der Waals surface area contributed by atoms with Gasteiger partial charge in [0.05, 0.1) is 5.56 Å². The average molecular weight is 273 g/mol. The third kappa shape index (κ3) is 3.68. The van der Waals surface area contributed by atoms with E-state index in [1.54, 1.807) is 12.1 Å². The highest BCUT2D eigenvalue weighted by atomic mass is 35.5. The Hall–Kier alpha value is -1.13. The summed E-state index contributed by atoms with van der Waals surface area (Å²) in [6.07, 6.45) is 2.27. The Morgan fingerprint density at radius 2 is 2.22 bits per heavy atom. The second-order valence-electron chi connectivity index (χ2n) is 4.69. The zero-order valence-electron chi connectivity index (χ0n) is 10.3. The van der Waals surface area contributed by atoms with Gasteiger partial charge in [-0.15, -0.1) is 12.4 Å². The highest BCUT2D eigenvalue weighted by molar-refractivity contribution is 5.94. The molecule has 0 saturated heterocycles. The Bertz CT molecular complexity index is 435. The number of benzene rings is 1. The van der Waals surface area contributed by atoms with Gasteiger partial charge < -0.3 is 11.1 Å². The minimum atomic E-state index is -0.493. The molecule has 5 heteroatoms. The summed E-state index contributed by atoms with van der Waals surface area (Å²) in [5.74, 6) is -0.354. The van der Waals surface area contributed by atoms with E-state index in [0.29, 0.717) is 12.5 Å². The van der Waals surface area contributed by atoms with Crippen molar-refractivity contribution < 1.29 is 9.18 Å². The van der Waals surface area contributed by atoms with Crippen molar-refractivity contribution in [1.29, 1.82) is 0 Å². The van der Waals surface area contributed by atoms with Gasteiger partial charge in [0.15, 0.2) is 0 Å². The van der Waals surface area contributed by atoms with Crippen LogP contribution < -0.4 is 11.1 Å². The molecule has 1 aliphatic carbocycles. The van der Waals surface area contributed by atoms with Crippen LogP contribution in [-0.2, 0) is 0 Å². The molecule has 3 N–H and O–H groups in total. The Labute approximate surface area is 112 Å². The van der Waals surface area contributed by atoms with E-state index in [0.717, 1.165) is 18.4 Å². The van der Waals surface area contributed by atoms with Crippen LogP contribution in [0.25, 0.3) is 0 Å². The van der Waals surface area contributed by atoms with Crippen molar-refractivity contribution in [3.8, 4) is 0 Å². The van der Waals surface area contributed by atoms with Gasteiger partial charge in [0.1, 0.15) is 5.82 Å². The van der Waals surface area contributed by atoms with Gasteiger partial charge in [0.2, 0.25) is 0 Å². The lowest BCUT2D eigenvalue weighted by Crippen LogP contribution is -2.38. The monoisotopic (exact) mass is 272 g/mol. The fourth-order valence-corrected chi connectivity index (χ4v) is 1.81. The van der Waals surface area contributed by atoms with E-state index in [1.807, 2.05) is 6.92 Å². The van der Waals surface area contributed by atoms with Gasteiger partial charge in [-0.2, -0.15) is 0 Å². The summed E-state index contributed by atoms with van der Waals surface area (Å²) < 4.78 is 13.4. The molecule has 0 heterocycles. The molecule has 1 atom stereocenters. The van der Waals surface area contributed by atoms with E-state index >= 15 is 0 Å². The van der Waals surface area contributed by atoms with E-state index < -0.39 is 5.82 Å². The minimum absolute atomic E-state index is 0. The molecule has 0 aromatic heterocycles. The van der Waals surface area contributed by atoms with E-state index in [1.165, 1.54) is 6.07 Å². The smallest absolute Gasteiger partial charge is 0.254 e. The Morgan fingerprint density at radius 1 is 1.56 bits per heavy atom. The van der Waals surface area contributed by atoms with Crippen LogP contribution in [0.1, 0.15) is 28.8 Å². The fraction of sp³-hybridized carbons (Fsp3) is 0.462. The summed E-state index contributed by atoms with van der Waals surface area (Å²) in [7, 11) is 0. The van der Waals surface area contributed by atoms with Crippen LogP contribution >= 0.6 is 12.4 Å². The third-order valence-corrected chi connectivity index (χ3v) is 3.09. The molecular weight excluding hydrogens is 255 g/mol. The summed E-state index contributed by atoms with van der Waals surface area (Å²) in [5, 5.41) is 2.68. The van der Waals surface area contributed by atoms with Gasteiger partial charge in [-0.25, -0.2) is 4.39 Å². The van der Waals surface area contributed by atoms with Crippen molar-refractivity contribution in [1.82, 2.24) is 5.32 Å². The largest absolute Gasteiger partial charge is 0.350 e. The van der Waals surface area contributed by atoms with Crippen molar-refractivity contribution in [3.05, 3.63) is 35.1 Å². The SMILES string of the molecule is Cc1ccc(F)c(C(=O)NCC(N)C2CC2)c1.Cl. The average Bonchev–Trinajstić information content (AvgIpc) is 3.12. The van der Waals surface area contributed by atoms with Gasteiger partial charge in [0.25, 0.3) is 5.91 Å². The Balaban J connectivity index is 0.00000162. The fourth-order valence-electron chi connectivity index (χ4n) is 1.81. The summed E-state index contributed by atoms with van der Waals surface area (Å²) >= 11 is 0. The number of carbonyl (C=O) groups excluding carboxylic acids is 1. The number of aryl methyl sites for hydroxylation is 1. The van der Waals surface area contributed by atoms with Gasteiger partial charge in [-0.1, -0.05) is 11.6 Å². The first-order valence-electron chi connectivity index (χ1n) is 5.88. The summed E-state index contributed by atoms with van der Waals surface area (Å²) in [6.45, 7) is 2.24. The van der Waals surface area contributed by atoms with Gasteiger partial charge in [0, 0.05) is 12.6 Å². The third-order valence-electron chi connectivity index (χ3n) is 3.09. The maximum Gasteiger partial charge on any atom is 0.254 e. The molecule has 0 radical (unpaired) electrons. The maximum atomic E-state index is 13.4. The highest BCUT2D eigenvalue weighted by Gasteiger charge is 2.28. The van der Waals surface area contributed by atoms with Crippen molar-refractivity contribution in [2.24, 2.45) is 11.7 Å². The zero-order chi connectivity index (χ0) is 12.4. The van der Waals surface area contributed by atoms with Crippen LogP contribution in [-0.4, -0.2) is 18.5 Å². The molecule has 1 fully saturated rings. The normalized spacial score (nSPS) is 15.7. The maximum absolute atomic E-state index is 13.4. The molecule has 1 saturated carbocycles. The van der Waals surface area contributed by atoms with Gasteiger partial charge in [-0.3, -0.25) is 4.79 Å². The molecule has 1 aliphatic rings. The summed E-state index contributed by atoms with van der Waals surface area (Å²) in [5.41, 5.74) is 6.82. The summed E-state index contributed by atoms with van der Waals surface area (Å²) in [6, 6.07) is 4.49. The van der Waals surface area contributed by atoms with Crippen molar-refractivity contribution in [2.45, 2.75) is 25.8 Å². The number of nitrogens with two attached hydrogens (primary N) is 1. The lowest BCUT2D eigenvalue weighted by Gasteiger charge is -2.12.